The molecule has 0 aliphatic rings. The molecule has 156 valence electrons. The van der Waals surface area contributed by atoms with E-state index in [-0.39, 0.29) is 5.78 Å². The molecule has 1 heterocycles. The Balaban J connectivity index is 1.67. The van der Waals surface area contributed by atoms with Crippen molar-refractivity contribution in [2.75, 3.05) is 17.9 Å². The summed E-state index contributed by atoms with van der Waals surface area (Å²) in [6.45, 7) is 3.75. The fourth-order valence-corrected chi connectivity index (χ4v) is 3.93. The van der Waals surface area contributed by atoms with Crippen molar-refractivity contribution in [2.24, 2.45) is 5.10 Å². The zero-order valence-electron chi connectivity index (χ0n) is 17.5. The van der Waals surface area contributed by atoms with Crippen molar-refractivity contribution in [1.29, 1.82) is 0 Å². The number of hydrogen-bond acceptors (Lipinski definition) is 7. The van der Waals surface area contributed by atoms with Crippen molar-refractivity contribution in [3.63, 3.8) is 0 Å². The maximum Gasteiger partial charge on any atom is 0.206 e. The van der Waals surface area contributed by atoms with Gasteiger partial charge in [-0.15, -0.1) is 0 Å². The third-order valence-electron chi connectivity index (χ3n) is 4.57. The number of carbonyl (C=O) groups excluding carboxylic acids is 1. The largest absolute Gasteiger partial charge is 0.497 e. The SMILES string of the molecule is COc1ccc(Nc2nc(NN=C(C)C)c(C(=O)c3ccc4ccccc4c3)s2)cc1. The van der Waals surface area contributed by atoms with Crippen LogP contribution in [0.5, 0.6) is 5.75 Å². The van der Waals surface area contributed by atoms with Crippen molar-refractivity contribution < 1.29 is 9.53 Å². The molecule has 2 N–H and O–H groups in total. The Hall–Kier alpha value is -3.71. The van der Waals surface area contributed by atoms with Crippen molar-refractivity contribution in [3.8, 4) is 5.75 Å². The minimum atomic E-state index is -0.0995. The molecule has 0 spiro atoms. The lowest BCUT2D eigenvalue weighted by Gasteiger charge is -2.04. The van der Waals surface area contributed by atoms with Crippen molar-refractivity contribution in [1.82, 2.24) is 4.98 Å². The van der Waals surface area contributed by atoms with Gasteiger partial charge in [-0.25, -0.2) is 4.98 Å². The molecule has 0 bridgehead atoms. The van der Waals surface area contributed by atoms with E-state index in [1.165, 1.54) is 11.3 Å². The number of methoxy groups -OCH3 is 1. The molecule has 0 radical (unpaired) electrons. The first-order valence-electron chi connectivity index (χ1n) is 9.76. The van der Waals surface area contributed by atoms with Crippen LogP contribution in [-0.2, 0) is 0 Å². The van der Waals surface area contributed by atoms with Crippen LogP contribution in [0.15, 0.2) is 71.8 Å². The monoisotopic (exact) mass is 430 g/mol. The standard InChI is InChI=1S/C24H22N4O2S/c1-15(2)27-28-23-22(21(29)18-9-8-16-6-4-5-7-17(16)14-18)31-24(26-23)25-19-10-12-20(30-3)13-11-19/h4-14,28H,1-3H3,(H,25,26). The number of carbonyl (C=O) groups is 1. The minimum Gasteiger partial charge on any atom is -0.497 e. The highest BCUT2D eigenvalue weighted by atomic mass is 32.1. The number of aromatic nitrogens is 1. The van der Waals surface area contributed by atoms with E-state index in [0.29, 0.717) is 21.4 Å². The van der Waals surface area contributed by atoms with E-state index in [9.17, 15) is 4.79 Å². The number of thiazole rings is 1. The predicted molar refractivity (Wildman–Crippen MR) is 128 cm³/mol. The van der Waals surface area contributed by atoms with Crippen LogP contribution in [0.4, 0.5) is 16.6 Å². The number of ketones is 1. The van der Waals surface area contributed by atoms with Crippen molar-refractivity contribution >= 4 is 50.2 Å². The van der Waals surface area contributed by atoms with Crippen LogP contribution in [-0.4, -0.2) is 23.6 Å². The quantitative estimate of drug-likeness (QED) is 0.211. The molecule has 0 saturated carbocycles. The molecule has 4 aromatic rings. The third-order valence-corrected chi connectivity index (χ3v) is 5.54. The van der Waals surface area contributed by atoms with Crippen molar-refractivity contribution in [3.05, 3.63) is 77.2 Å². The van der Waals surface area contributed by atoms with Crippen LogP contribution in [0, 0.1) is 0 Å². The second-order valence-corrected chi connectivity index (χ2v) is 8.11. The average molecular weight is 431 g/mol. The summed E-state index contributed by atoms with van der Waals surface area (Å²) in [4.78, 5) is 18.4. The first-order chi connectivity index (χ1) is 15.0. The smallest absolute Gasteiger partial charge is 0.206 e. The first kappa shape index (κ1) is 20.6. The molecule has 0 unspecified atom stereocenters. The Morgan fingerprint density at radius 1 is 1.00 bits per heavy atom. The lowest BCUT2D eigenvalue weighted by Crippen LogP contribution is -2.03. The van der Waals surface area contributed by atoms with Crippen LogP contribution in [0.3, 0.4) is 0 Å². The van der Waals surface area contributed by atoms with Gasteiger partial charge in [0.2, 0.25) is 5.78 Å². The Kier molecular flexibility index (Phi) is 5.95. The van der Waals surface area contributed by atoms with Gasteiger partial charge in [-0.1, -0.05) is 47.7 Å². The normalized spacial score (nSPS) is 10.5. The second kappa shape index (κ2) is 8.97. The summed E-state index contributed by atoms with van der Waals surface area (Å²) in [6.07, 6.45) is 0. The summed E-state index contributed by atoms with van der Waals surface area (Å²) in [7, 11) is 1.63. The maximum absolute atomic E-state index is 13.3. The summed E-state index contributed by atoms with van der Waals surface area (Å²) in [5, 5.41) is 10.2. The van der Waals surface area contributed by atoms with E-state index in [2.05, 4.69) is 20.8 Å². The van der Waals surface area contributed by atoms with Gasteiger partial charge in [0, 0.05) is 17.0 Å². The number of fused-ring (bicyclic) bond motifs is 1. The molecule has 31 heavy (non-hydrogen) atoms. The van der Waals surface area contributed by atoms with E-state index >= 15 is 0 Å². The maximum atomic E-state index is 13.3. The Labute approximate surface area is 184 Å². The van der Waals surface area contributed by atoms with Gasteiger partial charge < -0.3 is 10.1 Å². The molecule has 0 saturated heterocycles. The molecule has 7 heteroatoms. The number of ether oxygens (including phenoxy) is 1. The van der Waals surface area contributed by atoms with Gasteiger partial charge in [-0.2, -0.15) is 5.10 Å². The van der Waals surface area contributed by atoms with Crippen LogP contribution in [0.2, 0.25) is 0 Å². The molecule has 4 rings (SSSR count). The fourth-order valence-electron chi connectivity index (χ4n) is 3.03. The number of benzene rings is 3. The summed E-state index contributed by atoms with van der Waals surface area (Å²) in [6, 6.07) is 21.2. The number of nitrogens with zero attached hydrogens (tertiary/aromatic N) is 2. The van der Waals surface area contributed by atoms with Gasteiger partial charge in [-0.3, -0.25) is 10.2 Å². The van der Waals surface area contributed by atoms with Crippen LogP contribution in [0.25, 0.3) is 10.8 Å². The molecule has 0 aliphatic heterocycles. The second-order valence-electron chi connectivity index (χ2n) is 7.11. The van der Waals surface area contributed by atoms with E-state index in [1.54, 1.807) is 7.11 Å². The highest BCUT2D eigenvalue weighted by Crippen LogP contribution is 2.32. The van der Waals surface area contributed by atoms with Gasteiger partial charge in [0.15, 0.2) is 10.9 Å². The summed E-state index contributed by atoms with van der Waals surface area (Å²) < 4.78 is 5.20. The molecular formula is C24H22N4O2S. The Bertz CT molecular complexity index is 1260. The lowest BCUT2D eigenvalue weighted by molar-refractivity contribution is 0.104. The van der Waals surface area contributed by atoms with Crippen LogP contribution >= 0.6 is 11.3 Å². The number of anilines is 3. The van der Waals surface area contributed by atoms with E-state index < -0.39 is 0 Å². The molecule has 0 fully saturated rings. The zero-order chi connectivity index (χ0) is 21.8. The fraction of sp³-hybridized carbons (Fsp3) is 0.125. The molecular weight excluding hydrogens is 408 g/mol. The van der Waals surface area contributed by atoms with Gasteiger partial charge in [0.1, 0.15) is 10.6 Å². The Morgan fingerprint density at radius 2 is 1.74 bits per heavy atom. The first-order valence-corrected chi connectivity index (χ1v) is 10.6. The zero-order valence-corrected chi connectivity index (χ0v) is 18.3. The number of rotatable bonds is 7. The van der Waals surface area contributed by atoms with E-state index in [0.717, 1.165) is 27.9 Å². The lowest BCUT2D eigenvalue weighted by atomic mass is 10.0. The predicted octanol–water partition coefficient (Wildman–Crippen LogP) is 6.09. The van der Waals surface area contributed by atoms with Crippen LogP contribution < -0.4 is 15.5 Å². The third kappa shape index (κ3) is 4.73. The highest BCUT2D eigenvalue weighted by molar-refractivity contribution is 7.18. The summed E-state index contributed by atoms with van der Waals surface area (Å²) in [5.74, 6) is 1.10. The van der Waals surface area contributed by atoms with Gasteiger partial charge >= 0.3 is 0 Å². The summed E-state index contributed by atoms with van der Waals surface area (Å²) in [5.41, 5.74) is 5.22. The van der Waals surface area contributed by atoms with Crippen molar-refractivity contribution in [2.45, 2.75) is 13.8 Å². The average Bonchev–Trinajstić information content (AvgIpc) is 3.20. The molecule has 0 atom stereocenters. The van der Waals surface area contributed by atoms with Crippen LogP contribution in [0.1, 0.15) is 29.1 Å². The summed E-state index contributed by atoms with van der Waals surface area (Å²) >= 11 is 1.29. The highest BCUT2D eigenvalue weighted by Gasteiger charge is 2.20. The van der Waals surface area contributed by atoms with E-state index in [4.69, 9.17) is 4.74 Å². The number of hydrogen-bond donors (Lipinski definition) is 2. The Morgan fingerprint density at radius 3 is 2.45 bits per heavy atom. The van der Waals surface area contributed by atoms with Gasteiger partial charge in [0.25, 0.3) is 0 Å². The number of nitrogens with one attached hydrogen (secondary N) is 2. The molecule has 6 nitrogen and oxygen atoms in total. The molecule has 0 aliphatic carbocycles. The minimum absolute atomic E-state index is 0.0995. The molecule has 1 aromatic heterocycles. The van der Waals surface area contributed by atoms with E-state index in [1.807, 2.05) is 80.6 Å². The van der Waals surface area contributed by atoms with Gasteiger partial charge in [-0.05, 0) is 55.0 Å². The molecule has 3 aromatic carbocycles. The topological polar surface area (TPSA) is 75.6 Å². The van der Waals surface area contributed by atoms with Gasteiger partial charge in [0.05, 0.1) is 7.11 Å². The molecule has 0 amide bonds. The number of hydrazone groups is 1.